The van der Waals surface area contributed by atoms with E-state index in [0.29, 0.717) is 49.3 Å². The molecule has 0 saturated carbocycles. The predicted octanol–water partition coefficient (Wildman–Crippen LogP) is 3.04. The van der Waals surface area contributed by atoms with Crippen LogP contribution in [0.4, 0.5) is 4.79 Å². The molecule has 0 unspecified atom stereocenters. The van der Waals surface area contributed by atoms with E-state index in [2.05, 4.69) is 15.8 Å². The van der Waals surface area contributed by atoms with E-state index in [1.165, 1.54) is 10.4 Å². The van der Waals surface area contributed by atoms with Crippen molar-refractivity contribution in [1.82, 2.24) is 25.0 Å². The van der Waals surface area contributed by atoms with Crippen molar-refractivity contribution in [2.24, 2.45) is 11.8 Å². The Bertz CT molecular complexity index is 1740. The number of hydrogen-bond donors (Lipinski definition) is 3. The van der Waals surface area contributed by atoms with Gasteiger partial charge in [-0.3, -0.25) is 4.79 Å². The van der Waals surface area contributed by atoms with Crippen LogP contribution in [-0.2, 0) is 42.0 Å². The number of nitrogens with one attached hydrogen (secondary N) is 2. The van der Waals surface area contributed by atoms with Gasteiger partial charge in [0.2, 0.25) is 15.9 Å². The zero-order chi connectivity index (χ0) is 36.0. The SMILES string of the molecule is CC(C)CN(C[C@@H](O)[C@H](Cc1ccccc1)NC(=O)O[C@H]1CO[C@H]2OCC[C@H]21)S(=O)(=O)c1ccc2onc(CNCCCN3CCCC3=O)c2c1. The maximum absolute atomic E-state index is 14.2. The fourth-order valence-electron chi connectivity index (χ4n) is 6.98. The van der Waals surface area contributed by atoms with Crippen molar-refractivity contribution in [3.63, 3.8) is 0 Å². The van der Waals surface area contributed by atoms with Gasteiger partial charge in [0.1, 0.15) is 11.8 Å². The fourth-order valence-corrected chi connectivity index (χ4v) is 8.63. The second-order valence-corrected chi connectivity index (χ2v) is 15.9. The van der Waals surface area contributed by atoms with Crippen LogP contribution in [0.3, 0.4) is 0 Å². The van der Waals surface area contributed by atoms with Gasteiger partial charge >= 0.3 is 6.09 Å². The summed E-state index contributed by atoms with van der Waals surface area (Å²) in [6.45, 7) is 6.97. The molecule has 2 amide bonds. The summed E-state index contributed by atoms with van der Waals surface area (Å²) in [5.41, 5.74) is 1.89. The lowest BCUT2D eigenvalue weighted by Gasteiger charge is -2.31. The number of aliphatic hydroxyl groups is 1. The number of rotatable bonds is 17. The molecule has 6 rings (SSSR count). The van der Waals surface area contributed by atoms with Crippen molar-refractivity contribution >= 4 is 33.0 Å². The lowest BCUT2D eigenvalue weighted by molar-refractivity contribution is -0.127. The molecular weight excluding hydrogens is 678 g/mol. The van der Waals surface area contributed by atoms with Gasteiger partial charge in [-0.05, 0) is 61.9 Å². The Labute approximate surface area is 298 Å². The third-order valence-electron chi connectivity index (χ3n) is 9.67. The molecule has 0 spiro atoms. The molecule has 5 atom stereocenters. The minimum atomic E-state index is -4.11. The molecule has 3 fully saturated rings. The number of nitrogens with zero attached hydrogens (tertiary/aromatic N) is 3. The van der Waals surface area contributed by atoms with Crippen molar-refractivity contribution in [2.75, 3.05) is 45.9 Å². The van der Waals surface area contributed by atoms with E-state index in [-0.39, 0.29) is 55.0 Å². The maximum Gasteiger partial charge on any atom is 0.407 e. The molecular formula is C36H49N5O9S. The van der Waals surface area contributed by atoms with Gasteiger partial charge in [0.25, 0.3) is 0 Å². The Hall–Kier alpha value is -3.60. The van der Waals surface area contributed by atoms with Gasteiger partial charge in [0.15, 0.2) is 11.9 Å². The van der Waals surface area contributed by atoms with Crippen LogP contribution < -0.4 is 10.6 Å². The fraction of sp³-hybridized carbons (Fsp3) is 0.583. The third kappa shape index (κ3) is 9.26. The van der Waals surface area contributed by atoms with Crippen molar-refractivity contribution < 1.29 is 41.8 Å². The second-order valence-electron chi connectivity index (χ2n) is 14.0. The molecule has 3 N–H and O–H groups in total. The second kappa shape index (κ2) is 16.8. The van der Waals surface area contributed by atoms with Crippen molar-refractivity contribution in [2.45, 2.75) is 81.9 Å². The molecule has 0 radical (unpaired) electrons. The lowest BCUT2D eigenvalue weighted by atomic mass is 10.0. The number of aliphatic hydroxyl groups excluding tert-OH is 1. The number of alkyl carbamates (subject to hydrolysis) is 1. The summed E-state index contributed by atoms with van der Waals surface area (Å²) in [5, 5.41) is 22.5. The van der Waals surface area contributed by atoms with E-state index in [0.717, 1.165) is 31.4 Å². The molecule has 0 bridgehead atoms. The topological polar surface area (TPSA) is 173 Å². The Morgan fingerprint density at radius 2 is 1.98 bits per heavy atom. The van der Waals surface area contributed by atoms with Crippen LogP contribution in [0, 0.1) is 11.8 Å². The van der Waals surface area contributed by atoms with Gasteiger partial charge in [-0.1, -0.05) is 49.3 Å². The van der Waals surface area contributed by atoms with E-state index in [9.17, 15) is 23.1 Å². The quantitative estimate of drug-likeness (QED) is 0.175. The third-order valence-corrected chi connectivity index (χ3v) is 11.5. The molecule has 3 aliphatic heterocycles. The number of aromatic nitrogens is 1. The molecule has 3 aliphatic rings. The average molecular weight is 728 g/mol. The van der Waals surface area contributed by atoms with Gasteiger partial charge in [0, 0.05) is 44.5 Å². The van der Waals surface area contributed by atoms with Crippen molar-refractivity contribution in [1.29, 1.82) is 0 Å². The van der Waals surface area contributed by atoms with E-state index >= 15 is 0 Å². The minimum Gasteiger partial charge on any atom is -0.443 e. The molecule has 1 aromatic heterocycles. The highest BCUT2D eigenvalue weighted by atomic mass is 32.2. The Morgan fingerprint density at radius 1 is 1.16 bits per heavy atom. The van der Waals surface area contributed by atoms with E-state index < -0.39 is 34.4 Å². The number of likely N-dealkylation sites (tertiary alicyclic amines) is 1. The summed E-state index contributed by atoms with van der Waals surface area (Å²) in [6, 6.07) is 13.1. The molecule has 278 valence electrons. The first-order valence-corrected chi connectivity index (χ1v) is 19.3. The number of hydrogen-bond acceptors (Lipinski definition) is 11. The van der Waals surface area contributed by atoms with Crippen LogP contribution in [-0.4, -0.2) is 110 Å². The van der Waals surface area contributed by atoms with Gasteiger partial charge < -0.3 is 39.4 Å². The van der Waals surface area contributed by atoms with Crippen LogP contribution in [0.15, 0.2) is 57.9 Å². The highest BCUT2D eigenvalue weighted by Gasteiger charge is 2.44. The number of amides is 2. The summed E-state index contributed by atoms with van der Waals surface area (Å²) < 4.78 is 52.1. The Balaban J connectivity index is 1.14. The van der Waals surface area contributed by atoms with E-state index in [4.69, 9.17) is 18.7 Å². The molecule has 0 aliphatic carbocycles. The smallest absolute Gasteiger partial charge is 0.407 e. The number of sulfonamides is 1. The Morgan fingerprint density at radius 3 is 2.75 bits per heavy atom. The van der Waals surface area contributed by atoms with Crippen molar-refractivity contribution in [3.8, 4) is 0 Å². The average Bonchev–Trinajstić information content (AvgIpc) is 3.91. The number of ether oxygens (including phenoxy) is 3. The molecule has 3 aromatic rings. The lowest BCUT2D eigenvalue weighted by Crippen LogP contribution is -2.51. The number of fused-ring (bicyclic) bond motifs is 2. The first-order valence-electron chi connectivity index (χ1n) is 17.9. The summed E-state index contributed by atoms with van der Waals surface area (Å²) in [6.07, 6.45) is 0.441. The largest absolute Gasteiger partial charge is 0.443 e. The minimum absolute atomic E-state index is 0.0430. The summed E-state index contributed by atoms with van der Waals surface area (Å²) in [4.78, 5) is 27.0. The van der Waals surface area contributed by atoms with Crippen LogP contribution in [0.2, 0.25) is 0 Å². The summed E-state index contributed by atoms with van der Waals surface area (Å²) in [5.74, 6) is 0.0884. The molecule has 3 saturated heterocycles. The molecule has 15 heteroatoms. The normalized spacial score (nSPS) is 21.9. The standard InChI is InChI=1S/C36H49N5O9S/c1-24(2)21-41(22-31(42)29(18-25-8-4-3-5-9-25)38-36(44)49-33-23-48-35-27(33)13-17-47-35)51(45,46)26-11-12-32-28(19-26)30(39-50-32)20-37-14-7-16-40-15-6-10-34(40)43/h3-5,8-9,11-12,19,24,27,29,31,33,35,37,42H,6-7,10,13-18,20-23H2,1-2H3,(H,38,44)/t27-,29-,31+,33-,35+/m0/s1. The van der Waals surface area contributed by atoms with Crippen LogP contribution in [0.5, 0.6) is 0 Å². The molecule has 4 heterocycles. The number of carbonyl (C=O) groups excluding carboxylic acids is 2. The Kier molecular flexibility index (Phi) is 12.3. The van der Waals surface area contributed by atoms with E-state index in [1.807, 2.05) is 49.1 Å². The predicted molar refractivity (Wildman–Crippen MR) is 187 cm³/mol. The molecule has 51 heavy (non-hydrogen) atoms. The number of benzene rings is 2. The first-order chi connectivity index (χ1) is 24.6. The van der Waals surface area contributed by atoms with Crippen LogP contribution in [0.25, 0.3) is 11.0 Å². The summed E-state index contributed by atoms with van der Waals surface area (Å²) >= 11 is 0. The van der Waals surface area contributed by atoms with Gasteiger partial charge in [-0.25, -0.2) is 13.2 Å². The maximum atomic E-state index is 14.2. The van der Waals surface area contributed by atoms with Crippen LogP contribution in [0.1, 0.15) is 50.8 Å². The van der Waals surface area contributed by atoms with E-state index in [1.54, 1.807) is 12.1 Å². The monoisotopic (exact) mass is 727 g/mol. The van der Waals surface area contributed by atoms with Crippen LogP contribution >= 0.6 is 0 Å². The zero-order valence-electron chi connectivity index (χ0n) is 29.2. The first kappa shape index (κ1) is 37.2. The zero-order valence-corrected chi connectivity index (χ0v) is 30.1. The number of carbonyl (C=O) groups is 2. The molecule has 2 aromatic carbocycles. The molecule has 14 nitrogen and oxygen atoms in total. The van der Waals surface area contributed by atoms with Gasteiger partial charge in [-0.15, -0.1) is 0 Å². The summed E-state index contributed by atoms with van der Waals surface area (Å²) in [7, 11) is -4.11. The van der Waals surface area contributed by atoms with Gasteiger partial charge in [-0.2, -0.15) is 4.31 Å². The highest BCUT2D eigenvalue weighted by molar-refractivity contribution is 7.89. The van der Waals surface area contributed by atoms with Gasteiger partial charge in [0.05, 0.1) is 36.2 Å². The highest BCUT2D eigenvalue weighted by Crippen LogP contribution is 2.33. The van der Waals surface area contributed by atoms with Crippen molar-refractivity contribution in [3.05, 3.63) is 59.8 Å².